The number of carbonyl (C=O) groups is 1. The number of halogens is 1. The highest BCUT2D eigenvalue weighted by Gasteiger charge is 2.25. The average molecular weight is 476 g/mol. The topological polar surface area (TPSA) is 48.0 Å². The molecule has 0 bridgehead atoms. The molecular formula is C29H30FNO4. The lowest BCUT2D eigenvalue weighted by molar-refractivity contribution is -0.131. The Morgan fingerprint density at radius 3 is 2.71 bits per heavy atom. The number of benzene rings is 3. The molecule has 0 aromatic heterocycles. The van der Waals surface area contributed by atoms with Crippen molar-refractivity contribution in [2.75, 3.05) is 33.0 Å². The Balaban J connectivity index is 1.44. The number of amides is 1. The second-order valence-corrected chi connectivity index (χ2v) is 9.29. The van der Waals surface area contributed by atoms with Gasteiger partial charge in [0.15, 0.2) is 11.5 Å². The molecule has 0 unspecified atom stereocenters. The first-order valence-corrected chi connectivity index (χ1v) is 12.2. The van der Waals surface area contributed by atoms with E-state index in [9.17, 15) is 9.18 Å². The van der Waals surface area contributed by atoms with Crippen molar-refractivity contribution >= 4 is 5.91 Å². The Hall–Kier alpha value is -3.38. The van der Waals surface area contributed by atoms with Gasteiger partial charge in [-0.15, -0.1) is 0 Å². The second-order valence-electron chi connectivity index (χ2n) is 9.29. The Kier molecular flexibility index (Phi) is 7.00. The second kappa shape index (κ2) is 10.5. The number of carbonyl (C=O) groups excluding carboxylic acids is 1. The molecule has 0 spiro atoms. The summed E-state index contributed by atoms with van der Waals surface area (Å²) in [6.45, 7) is 5.44. The zero-order chi connectivity index (χ0) is 24.2. The van der Waals surface area contributed by atoms with Gasteiger partial charge in [0, 0.05) is 24.6 Å². The van der Waals surface area contributed by atoms with Crippen molar-refractivity contribution in [3.05, 3.63) is 83.2 Å². The summed E-state index contributed by atoms with van der Waals surface area (Å²) in [7, 11) is 0. The van der Waals surface area contributed by atoms with Gasteiger partial charge >= 0.3 is 0 Å². The van der Waals surface area contributed by atoms with Crippen LogP contribution < -0.4 is 9.47 Å². The van der Waals surface area contributed by atoms with Crippen molar-refractivity contribution < 1.29 is 23.4 Å². The van der Waals surface area contributed by atoms with Crippen LogP contribution in [0.2, 0.25) is 0 Å². The van der Waals surface area contributed by atoms with E-state index in [0.29, 0.717) is 50.3 Å². The van der Waals surface area contributed by atoms with Crippen LogP contribution in [0.15, 0.2) is 60.7 Å². The van der Waals surface area contributed by atoms with Gasteiger partial charge in [-0.3, -0.25) is 4.79 Å². The van der Waals surface area contributed by atoms with Crippen LogP contribution in [0.25, 0.3) is 11.1 Å². The molecule has 6 heteroatoms. The first-order chi connectivity index (χ1) is 17.1. The van der Waals surface area contributed by atoms with E-state index in [4.69, 9.17) is 14.2 Å². The minimum absolute atomic E-state index is 0.0140. The first kappa shape index (κ1) is 23.4. The maximum atomic E-state index is 13.3. The molecule has 2 heterocycles. The van der Waals surface area contributed by atoms with Crippen LogP contribution in [0.1, 0.15) is 23.1 Å². The monoisotopic (exact) mass is 475 g/mol. The zero-order valence-electron chi connectivity index (χ0n) is 20.0. The molecule has 3 aromatic carbocycles. The largest absolute Gasteiger partial charge is 0.489 e. The summed E-state index contributed by atoms with van der Waals surface area (Å²) in [5.41, 5.74) is 5.04. The summed E-state index contributed by atoms with van der Waals surface area (Å²) in [5, 5.41) is 0. The standard InChI is InChI=1S/C29H30FNO4/c1-20-4-2-3-5-26(20)23-15-24-17-31(28(32)14-21-6-8-25(30)9-7-21)11-13-34-29(24)27(16-23)35-19-22-10-12-33-18-22/h2-9,15-16,22H,10-14,17-19H2,1H3/t22-/m1/s1. The molecule has 1 amide bonds. The number of hydrogen-bond donors (Lipinski definition) is 0. The lowest BCUT2D eigenvalue weighted by atomic mass is 9.97. The normalized spacial score (nSPS) is 17.4. The van der Waals surface area contributed by atoms with E-state index in [1.165, 1.54) is 17.7 Å². The van der Waals surface area contributed by atoms with Crippen molar-refractivity contribution in [3.63, 3.8) is 0 Å². The minimum atomic E-state index is -0.307. The highest BCUT2D eigenvalue weighted by molar-refractivity contribution is 5.79. The highest BCUT2D eigenvalue weighted by Crippen LogP contribution is 2.39. The number of rotatable bonds is 6. The first-order valence-electron chi connectivity index (χ1n) is 12.2. The van der Waals surface area contributed by atoms with E-state index in [0.717, 1.165) is 35.3 Å². The Labute approximate surface area is 205 Å². The maximum absolute atomic E-state index is 13.3. The summed E-state index contributed by atoms with van der Waals surface area (Å²) < 4.78 is 31.2. The SMILES string of the molecule is Cc1ccccc1-c1cc2c(c(OC[C@@H]3CCOC3)c1)OCCN(C(=O)Cc1ccc(F)cc1)C2. The molecule has 1 fully saturated rings. The summed E-state index contributed by atoms with van der Waals surface area (Å²) in [6, 6.07) is 18.5. The fourth-order valence-corrected chi connectivity index (χ4v) is 4.67. The predicted octanol–water partition coefficient (Wildman–Crippen LogP) is 5.18. The van der Waals surface area contributed by atoms with Gasteiger partial charge in [0.25, 0.3) is 0 Å². The van der Waals surface area contributed by atoms with Gasteiger partial charge < -0.3 is 19.1 Å². The molecule has 2 aliphatic heterocycles. The summed E-state index contributed by atoms with van der Waals surface area (Å²) in [4.78, 5) is 15.0. The number of hydrogen-bond acceptors (Lipinski definition) is 4. The van der Waals surface area contributed by atoms with E-state index < -0.39 is 0 Å². The third kappa shape index (κ3) is 5.49. The van der Waals surface area contributed by atoms with E-state index in [2.05, 4.69) is 25.1 Å². The van der Waals surface area contributed by atoms with Gasteiger partial charge in [0.2, 0.25) is 5.91 Å². The molecule has 3 aromatic rings. The van der Waals surface area contributed by atoms with Crippen LogP contribution in [0.5, 0.6) is 11.5 Å². The van der Waals surface area contributed by atoms with E-state index in [1.807, 2.05) is 23.1 Å². The Morgan fingerprint density at radius 2 is 1.94 bits per heavy atom. The van der Waals surface area contributed by atoms with Crippen molar-refractivity contribution in [1.29, 1.82) is 0 Å². The van der Waals surface area contributed by atoms with Crippen molar-refractivity contribution in [2.24, 2.45) is 5.92 Å². The molecule has 1 saturated heterocycles. The number of fused-ring (bicyclic) bond motifs is 1. The third-order valence-electron chi connectivity index (χ3n) is 6.68. The molecule has 0 N–H and O–H groups in total. The van der Waals surface area contributed by atoms with Crippen LogP contribution in [0.4, 0.5) is 4.39 Å². The highest BCUT2D eigenvalue weighted by atomic mass is 19.1. The van der Waals surface area contributed by atoms with Crippen molar-refractivity contribution in [3.8, 4) is 22.6 Å². The van der Waals surface area contributed by atoms with Gasteiger partial charge in [-0.2, -0.15) is 0 Å². The van der Waals surface area contributed by atoms with Gasteiger partial charge in [-0.1, -0.05) is 36.4 Å². The lowest BCUT2D eigenvalue weighted by Gasteiger charge is -2.21. The van der Waals surface area contributed by atoms with E-state index in [-0.39, 0.29) is 18.1 Å². The quantitative estimate of drug-likeness (QED) is 0.493. The van der Waals surface area contributed by atoms with E-state index >= 15 is 0 Å². The molecule has 35 heavy (non-hydrogen) atoms. The molecule has 2 aliphatic rings. The maximum Gasteiger partial charge on any atom is 0.227 e. The minimum Gasteiger partial charge on any atom is -0.489 e. The molecule has 1 atom stereocenters. The molecule has 0 radical (unpaired) electrons. The van der Waals surface area contributed by atoms with Gasteiger partial charge in [0.05, 0.1) is 26.2 Å². The fourth-order valence-electron chi connectivity index (χ4n) is 4.67. The van der Waals surface area contributed by atoms with Crippen molar-refractivity contribution in [2.45, 2.75) is 26.3 Å². The number of aryl methyl sites for hydroxylation is 1. The molecule has 0 aliphatic carbocycles. The number of nitrogens with zero attached hydrogens (tertiary/aromatic N) is 1. The molecular weight excluding hydrogens is 445 g/mol. The molecule has 0 saturated carbocycles. The fraction of sp³-hybridized carbons (Fsp3) is 0.345. The Morgan fingerprint density at radius 1 is 1.11 bits per heavy atom. The van der Waals surface area contributed by atoms with Crippen LogP contribution in [0.3, 0.4) is 0 Å². The predicted molar refractivity (Wildman–Crippen MR) is 132 cm³/mol. The molecule has 5 rings (SSSR count). The van der Waals surface area contributed by atoms with Crippen LogP contribution in [0, 0.1) is 18.7 Å². The van der Waals surface area contributed by atoms with Crippen LogP contribution in [-0.4, -0.2) is 43.8 Å². The van der Waals surface area contributed by atoms with Crippen LogP contribution >= 0.6 is 0 Å². The molecule has 182 valence electrons. The van der Waals surface area contributed by atoms with Crippen molar-refractivity contribution in [1.82, 2.24) is 4.90 Å². The summed E-state index contributed by atoms with van der Waals surface area (Å²) in [5.74, 6) is 1.46. The van der Waals surface area contributed by atoms with E-state index in [1.54, 1.807) is 12.1 Å². The zero-order valence-corrected chi connectivity index (χ0v) is 20.0. The van der Waals surface area contributed by atoms with Gasteiger partial charge in [-0.05, 0) is 59.9 Å². The lowest BCUT2D eigenvalue weighted by Crippen LogP contribution is -2.33. The average Bonchev–Trinajstić information content (AvgIpc) is 3.29. The summed E-state index contributed by atoms with van der Waals surface area (Å²) >= 11 is 0. The molecule has 5 nitrogen and oxygen atoms in total. The number of ether oxygens (including phenoxy) is 3. The van der Waals surface area contributed by atoms with Crippen LogP contribution in [-0.2, 0) is 22.5 Å². The summed E-state index contributed by atoms with van der Waals surface area (Å²) in [6.07, 6.45) is 1.21. The third-order valence-corrected chi connectivity index (χ3v) is 6.68. The Bertz CT molecular complexity index is 1190. The van der Waals surface area contributed by atoms with Gasteiger partial charge in [-0.25, -0.2) is 4.39 Å². The smallest absolute Gasteiger partial charge is 0.227 e. The van der Waals surface area contributed by atoms with Gasteiger partial charge in [0.1, 0.15) is 12.4 Å².